The number of carbonyl (C=O) groups excluding carboxylic acids is 2. The van der Waals surface area contributed by atoms with Crippen molar-refractivity contribution in [1.29, 1.82) is 0 Å². The Hall–Kier alpha value is -1.69. The predicted octanol–water partition coefficient (Wildman–Crippen LogP) is 3.42. The molecule has 1 heterocycles. The fourth-order valence-corrected chi connectivity index (χ4v) is 8.46. The van der Waals surface area contributed by atoms with Crippen molar-refractivity contribution in [3.63, 3.8) is 0 Å². The Labute approximate surface area is 178 Å². The van der Waals surface area contributed by atoms with Crippen molar-refractivity contribution in [2.75, 3.05) is 0 Å². The molecule has 0 saturated heterocycles. The summed E-state index contributed by atoms with van der Waals surface area (Å²) in [5.74, 6) is -0.0679. The van der Waals surface area contributed by atoms with Gasteiger partial charge in [0.25, 0.3) is 0 Å². The maximum atomic E-state index is 12.3. The molecule has 4 bridgehead atoms. The number of hydrogen-bond acceptors (Lipinski definition) is 6. The van der Waals surface area contributed by atoms with Gasteiger partial charge in [0.15, 0.2) is 0 Å². The second-order valence-corrected chi connectivity index (χ2v) is 10.8. The van der Waals surface area contributed by atoms with Gasteiger partial charge in [0.2, 0.25) is 0 Å². The highest BCUT2D eigenvalue weighted by atomic mass is 16.6. The standard InChI is InChI=1S/C24H33NO5/c1-13-11-23-9-6-16(13)10-17(23)24-8-5-7-22(4,21(28)25-12-24)19(24)18(29-14(2)26)20(23)30-15(3)27/h12,16-21,28H,1,5-11H2,2-4H3/t16-,17+,18-,19+,20+,21-,22+,23+,24+/m0/s1. The zero-order chi connectivity index (χ0) is 21.5. The number of hydrogen-bond donors (Lipinski definition) is 1. The van der Waals surface area contributed by atoms with E-state index in [0.717, 1.165) is 44.9 Å². The molecule has 5 fully saturated rings. The number of fused-ring (bicyclic) bond motifs is 2. The second-order valence-electron chi connectivity index (χ2n) is 10.8. The Balaban J connectivity index is 1.74. The zero-order valence-corrected chi connectivity index (χ0v) is 18.2. The molecule has 1 N–H and O–H groups in total. The van der Waals surface area contributed by atoms with Crippen LogP contribution in [0, 0.1) is 34.0 Å². The summed E-state index contributed by atoms with van der Waals surface area (Å²) in [6.07, 6.45) is 6.68. The van der Waals surface area contributed by atoms with Crippen LogP contribution in [0.1, 0.15) is 65.7 Å². The molecule has 30 heavy (non-hydrogen) atoms. The molecule has 0 amide bonds. The lowest BCUT2D eigenvalue weighted by Gasteiger charge is -2.72. The number of aliphatic imine (C=N–C) groups is 1. The predicted molar refractivity (Wildman–Crippen MR) is 111 cm³/mol. The molecule has 0 aromatic heterocycles. The van der Waals surface area contributed by atoms with Gasteiger partial charge < -0.3 is 14.6 Å². The summed E-state index contributed by atoms with van der Waals surface area (Å²) in [4.78, 5) is 29.1. The molecule has 5 aliphatic carbocycles. The molecule has 5 saturated carbocycles. The van der Waals surface area contributed by atoms with Crippen LogP contribution in [-0.4, -0.2) is 41.7 Å². The van der Waals surface area contributed by atoms with Crippen molar-refractivity contribution >= 4 is 18.2 Å². The summed E-state index contributed by atoms with van der Waals surface area (Å²) in [5, 5.41) is 10.9. The van der Waals surface area contributed by atoms with Crippen LogP contribution in [0.2, 0.25) is 0 Å². The SMILES string of the molecule is C=C1C[C@]23CC[C@H]1C[C@H]2[C@]12C=N[C@@H](O)[C@](C)(CCC1)[C@H]2[C@H](OC(C)=O)[C@H]3OC(C)=O. The number of carbonyl (C=O) groups is 2. The van der Waals surface area contributed by atoms with Gasteiger partial charge in [-0.25, -0.2) is 0 Å². The number of aliphatic hydroxyl groups excluding tert-OH is 1. The third-order valence-corrected chi connectivity index (χ3v) is 9.40. The molecule has 0 unspecified atom stereocenters. The average Bonchev–Trinajstić information content (AvgIpc) is 2.67. The molecule has 6 heteroatoms. The summed E-state index contributed by atoms with van der Waals surface area (Å²) < 4.78 is 12.1. The Morgan fingerprint density at radius 2 is 1.93 bits per heavy atom. The first kappa shape index (κ1) is 20.2. The molecule has 9 atom stereocenters. The Kier molecular flexibility index (Phi) is 4.32. The fourth-order valence-electron chi connectivity index (χ4n) is 8.46. The number of rotatable bonds is 2. The molecule has 164 valence electrons. The van der Waals surface area contributed by atoms with E-state index in [-0.39, 0.29) is 34.6 Å². The van der Waals surface area contributed by atoms with E-state index in [4.69, 9.17) is 9.47 Å². The van der Waals surface area contributed by atoms with Gasteiger partial charge in [-0.15, -0.1) is 0 Å². The van der Waals surface area contributed by atoms with Crippen molar-refractivity contribution in [2.24, 2.45) is 39.0 Å². The first-order valence-corrected chi connectivity index (χ1v) is 11.4. The van der Waals surface area contributed by atoms with Crippen LogP contribution >= 0.6 is 0 Å². The minimum absolute atomic E-state index is 0.122. The van der Waals surface area contributed by atoms with E-state index in [9.17, 15) is 14.7 Å². The van der Waals surface area contributed by atoms with Crippen LogP contribution in [0.25, 0.3) is 0 Å². The monoisotopic (exact) mass is 415 g/mol. The first-order chi connectivity index (χ1) is 14.1. The van der Waals surface area contributed by atoms with E-state index in [1.54, 1.807) is 0 Å². The van der Waals surface area contributed by atoms with E-state index in [0.29, 0.717) is 5.92 Å². The van der Waals surface area contributed by atoms with E-state index in [1.165, 1.54) is 19.4 Å². The van der Waals surface area contributed by atoms with Crippen molar-refractivity contribution in [3.05, 3.63) is 12.2 Å². The number of nitrogens with zero attached hydrogens (tertiary/aromatic N) is 1. The van der Waals surface area contributed by atoms with Crippen LogP contribution < -0.4 is 0 Å². The molecule has 6 aliphatic rings. The van der Waals surface area contributed by atoms with Crippen molar-refractivity contribution in [2.45, 2.75) is 84.2 Å². The number of ether oxygens (including phenoxy) is 2. The molecule has 0 radical (unpaired) electrons. The third-order valence-electron chi connectivity index (χ3n) is 9.40. The Bertz CT molecular complexity index is 837. The van der Waals surface area contributed by atoms with Crippen molar-refractivity contribution in [1.82, 2.24) is 0 Å². The second kappa shape index (κ2) is 6.41. The Morgan fingerprint density at radius 3 is 2.60 bits per heavy atom. The molecule has 0 aromatic rings. The average molecular weight is 416 g/mol. The van der Waals surface area contributed by atoms with Gasteiger partial charge in [-0.05, 0) is 50.4 Å². The number of aliphatic hydroxyl groups is 1. The quantitative estimate of drug-likeness (QED) is 0.552. The van der Waals surface area contributed by atoms with E-state index in [1.807, 2.05) is 6.21 Å². The Morgan fingerprint density at radius 1 is 1.20 bits per heavy atom. The fraction of sp³-hybridized carbons (Fsp3) is 0.792. The van der Waals surface area contributed by atoms with Crippen LogP contribution in [0.3, 0.4) is 0 Å². The van der Waals surface area contributed by atoms with Gasteiger partial charge in [-0.1, -0.05) is 25.5 Å². The van der Waals surface area contributed by atoms with Crippen molar-refractivity contribution in [3.8, 4) is 0 Å². The molecule has 0 aromatic carbocycles. The van der Waals surface area contributed by atoms with Crippen molar-refractivity contribution < 1.29 is 24.2 Å². The molecular weight excluding hydrogens is 382 g/mol. The van der Waals surface area contributed by atoms with Crippen LogP contribution in [0.5, 0.6) is 0 Å². The van der Waals surface area contributed by atoms with Crippen LogP contribution in [0.15, 0.2) is 17.1 Å². The van der Waals surface area contributed by atoms with Crippen LogP contribution in [0.4, 0.5) is 0 Å². The highest BCUT2D eigenvalue weighted by Gasteiger charge is 2.75. The first-order valence-electron chi connectivity index (χ1n) is 11.4. The van der Waals surface area contributed by atoms with Gasteiger partial charge in [0.05, 0.1) is 0 Å². The van der Waals surface area contributed by atoms with Gasteiger partial charge in [0.1, 0.15) is 18.4 Å². The van der Waals surface area contributed by atoms with Gasteiger partial charge in [-0.2, -0.15) is 0 Å². The lowest BCUT2D eigenvalue weighted by atomic mass is 9.34. The minimum atomic E-state index is -0.836. The van der Waals surface area contributed by atoms with Crippen LogP contribution in [-0.2, 0) is 19.1 Å². The summed E-state index contributed by atoms with van der Waals surface area (Å²) in [6, 6.07) is 0. The normalized spacial score (nSPS) is 51.0. The van der Waals surface area contributed by atoms with E-state index < -0.39 is 23.9 Å². The van der Waals surface area contributed by atoms with E-state index in [2.05, 4.69) is 18.5 Å². The molecule has 6 nitrogen and oxygen atoms in total. The molecular formula is C24H33NO5. The topological polar surface area (TPSA) is 85.2 Å². The third kappa shape index (κ3) is 2.43. The largest absolute Gasteiger partial charge is 0.458 e. The summed E-state index contributed by atoms with van der Waals surface area (Å²) in [5.41, 5.74) is 0.182. The van der Waals surface area contributed by atoms with Gasteiger partial charge in [0, 0.05) is 42.2 Å². The lowest BCUT2D eigenvalue weighted by molar-refractivity contribution is -0.276. The molecule has 1 aliphatic heterocycles. The summed E-state index contributed by atoms with van der Waals surface area (Å²) >= 11 is 0. The smallest absolute Gasteiger partial charge is 0.303 e. The number of allylic oxidation sites excluding steroid dienone is 1. The molecule has 1 spiro atoms. The molecule has 6 rings (SSSR count). The summed E-state index contributed by atoms with van der Waals surface area (Å²) in [6.45, 7) is 9.30. The van der Waals surface area contributed by atoms with E-state index >= 15 is 0 Å². The summed E-state index contributed by atoms with van der Waals surface area (Å²) in [7, 11) is 0. The minimum Gasteiger partial charge on any atom is -0.458 e. The highest BCUT2D eigenvalue weighted by molar-refractivity contribution is 5.72. The lowest BCUT2D eigenvalue weighted by Crippen LogP contribution is -2.74. The van der Waals surface area contributed by atoms with Gasteiger partial charge in [-0.3, -0.25) is 14.6 Å². The zero-order valence-electron chi connectivity index (χ0n) is 18.2. The van der Waals surface area contributed by atoms with Gasteiger partial charge >= 0.3 is 11.9 Å². The maximum Gasteiger partial charge on any atom is 0.303 e. The maximum absolute atomic E-state index is 12.3. The highest BCUT2D eigenvalue weighted by Crippen LogP contribution is 2.73. The number of esters is 2.